The van der Waals surface area contributed by atoms with Crippen molar-refractivity contribution >= 4 is 6.09 Å². The summed E-state index contributed by atoms with van der Waals surface area (Å²) in [6.07, 6.45) is -3.87. The van der Waals surface area contributed by atoms with E-state index in [1.165, 1.54) is 6.07 Å². The molecule has 6 nitrogen and oxygen atoms in total. The molecule has 0 fully saturated rings. The summed E-state index contributed by atoms with van der Waals surface area (Å²) in [5.74, 6) is -0.435. The second-order valence-corrected chi connectivity index (χ2v) is 7.50. The lowest BCUT2D eigenvalue weighted by Crippen LogP contribution is -2.41. The topological polar surface area (TPSA) is 87.3 Å². The van der Waals surface area contributed by atoms with Crippen LogP contribution in [0.1, 0.15) is 38.6 Å². The number of benzene rings is 1. The van der Waals surface area contributed by atoms with Crippen LogP contribution < -0.4 is 10.5 Å². The number of hydrogen-bond acceptors (Lipinski definition) is 5. The van der Waals surface area contributed by atoms with Crippen molar-refractivity contribution in [3.63, 3.8) is 0 Å². The first-order valence-corrected chi connectivity index (χ1v) is 9.02. The molecule has 158 valence electrons. The number of ether oxygens (including phenoxy) is 2. The van der Waals surface area contributed by atoms with Gasteiger partial charge in [-0.25, -0.2) is 14.8 Å². The molecule has 1 aromatic heterocycles. The van der Waals surface area contributed by atoms with Gasteiger partial charge in [-0.3, -0.25) is 0 Å². The first-order valence-electron chi connectivity index (χ1n) is 9.02. The van der Waals surface area contributed by atoms with Crippen LogP contribution in [0.2, 0.25) is 0 Å². The van der Waals surface area contributed by atoms with Crippen molar-refractivity contribution in [3.8, 4) is 17.0 Å². The third kappa shape index (κ3) is 6.33. The first kappa shape index (κ1) is 22.4. The van der Waals surface area contributed by atoms with Gasteiger partial charge in [-0.15, -0.1) is 0 Å². The van der Waals surface area contributed by atoms with Gasteiger partial charge in [0.1, 0.15) is 18.0 Å². The Kier molecular flexibility index (Phi) is 6.71. The number of rotatable bonds is 7. The fourth-order valence-corrected chi connectivity index (χ4v) is 3.09. The second kappa shape index (κ2) is 8.67. The maximum Gasteiger partial charge on any atom is 0.451 e. The lowest BCUT2D eigenvalue weighted by atomic mass is 9.95. The SMILES string of the molecule is Cc1cc(-c2ccnc(C(F)(F)F)n2)ccc1OCC(C)(CC(C)C)OC(N)=O. The Bertz CT molecular complexity index is 872. The third-order valence-electron chi connectivity index (χ3n) is 4.10. The number of nitrogens with zero attached hydrogens (tertiary/aromatic N) is 2. The highest BCUT2D eigenvalue weighted by Gasteiger charge is 2.34. The number of nitrogens with two attached hydrogens (primary N) is 1. The van der Waals surface area contributed by atoms with E-state index in [1.807, 2.05) is 13.8 Å². The summed E-state index contributed by atoms with van der Waals surface area (Å²) in [7, 11) is 0. The Morgan fingerprint density at radius 2 is 1.93 bits per heavy atom. The zero-order valence-corrected chi connectivity index (χ0v) is 16.7. The molecule has 1 unspecified atom stereocenters. The van der Waals surface area contributed by atoms with Crippen molar-refractivity contribution in [2.75, 3.05) is 6.61 Å². The Balaban J connectivity index is 2.20. The van der Waals surface area contributed by atoms with Crippen molar-refractivity contribution in [1.29, 1.82) is 0 Å². The fourth-order valence-electron chi connectivity index (χ4n) is 3.09. The number of alkyl halides is 3. The van der Waals surface area contributed by atoms with Gasteiger partial charge in [0.25, 0.3) is 0 Å². The molecule has 0 spiro atoms. The largest absolute Gasteiger partial charge is 0.489 e. The van der Waals surface area contributed by atoms with E-state index in [9.17, 15) is 18.0 Å². The van der Waals surface area contributed by atoms with Crippen molar-refractivity contribution in [3.05, 3.63) is 41.9 Å². The van der Waals surface area contributed by atoms with E-state index in [2.05, 4.69) is 9.97 Å². The molecule has 2 rings (SSSR count). The van der Waals surface area contributed by atoms with Crippen LogP contribution in [-0.4, -0.2) is 28.3 Å². The molecule has 9 heteroatoms. The zero-order valence-electron chi connectivity index (χ0n) is 16.7. The number of aromatic nitrogens is 2. The molecule has 2 N–H and O–H groups in total. The number of carbonyl (C=O) groups excluding carboxylic acids is 1. The monoisotopic (exact) mass is 411 g/mol. The number of amides is 1. The standard InChI is InChI=1S/C20H24F3N3O3/c1-12(2)10-19(4,29-18(24)27)11-28-16-6-5-14(9-13(16)3)15-7-8-25-17(26-15)20(21,22)23/h5-9,12H,10-11H2,1-4H3,(H2,24,27). The van der Waals surface area contributed by atoms with Gasteiger partial charge in [-0.1, -0.05) is 13.8 Å². The number of hydrogen-bond donors (Lipinski definition) is 1. The van der Waals surface area contributed by atoms with Crippen LogP contribution in [0, 0.1) is 12.8 Å². The molecule has 0 bridgehead atoms. The average molecular weight is 411 g/mol. The Hall–Kier alpha value is -2.84. The van der Waals surface area contributed by atoms with Crippen LogP contribution in [0.3, 0.4) is 0 Å². The molecule has 0 saturated carbocycles. The predicted molar refractivity (Wildman–Crippen MR) is 101 cm³/mol. The van der Waals surface area contributed by atoms with Gasteiger partial charge in [0, 0.05) is 11.8 Å². The van der Waals surface area contributed by atoms with Gasteiger partial charge < -0.3 is 15.2 Å². The van der Waals surface area contributed by atoms with Crippen LogP contribution in [-0.2, 0) is 10.9 Å². The van der Waals surface area contributed by atoms with Crippen LogP contribution in [0.15, 0.2) is 30.5 Å². The van der Waals surface area contributed by atoms with Crippen LogP contribution in [0.4, 0.5) is 18.0 Å². The van der Waals surface area contributed by atoms with Crippen molar-refractivity contribution in [2.24, 2.45) is 11.7 Å². The zero-order chi connectivity index (χ0) is 21.8. The van der Waals surface area contributed by atoms with Crippen LogP contribution in [0.5, 0.6) is 5.75 Å². The molecule has 0 saturated heterocycles. The Labute approximate surface area is 167 Å². The quantitative estimate of drug-likeness (QED) is 0.710. The summed E-state index contributed by atoms with van der Waals surface area (Å²) >= 11 is 0. The van der Waals surface area contributed by atoms with E-state index in [0.29, 0.717) is 23.3 Å². The van der Waals surface area contributed by atoms with Gasteiger partial charge in [0.2, 0.25) is 5.82 Å². The summed E-state index contributed by atoms with van der Waals surface area (Å²) in [6, 6.07) is 6.33. The highest BCUT2D eigenvalue weighted by atomic mass is 19.4. The molecule has 0 aliphatic heterocycles. The lowest BCUT2D eigenvalue weighted by molar-refractivity contribution is -0.144. The van der Waals surface area contributed by atoms with E-state index >= 15 is 0 Å². The van der Waals surface area contributed by atoms with Crippen LogP contribution >= 0.6 is 0 Å². The normalized spacial score (nSPS) is 13.8. The highest BCUT2D eigenvalue weighted by molar-refractivity contribution is 5.65. The molecule has 1 heterocycles. The summed E-state index contributed by atoms with van der Waals surface area (Å²) < 4.78 is 49.6. The first-order chi connectivity index (χ1) is 13.4. The molecule has 0 radical (unpaired) electrons. The van der Waals surface area contributed by atoms with Gasteiger partial charge in [-0.05, 0) is 56.0 Å². The average Bonchev–Trinajstić information content (AvgIpc) is 2.58. The van der Waals surface area contributed by atoms with Crippen LogP contribution in [0.25, 0.3) is 11.3 Å². The second-order valence-electron chi connectivity index (χ2n) is 7.50. The smallest absolute Gasteiger partial charge is 0.451 e. The minimum atomic E-state index is -4.62. The lowest BCUT2D eigenvalue weighted by Gasteiger charge is -2.30. The van der Waals surface area contributed by atoms with E-state index in [-0.39, 0.29) is 18.2 Å². The fraction of sp³-hybridized carbons (Fsp3) is 0.450. The van der Waals surface area contributed by atoms with Gasteiger partial charge in [0.05, 0.1) is 5.69 Å². The molecule has 29 heavy (non-hydrogen) atoms. The van der Waals surface area contributed by atoms with E-state index < -0.39 is 23.7 Å². The number of primary amides is 1. The van der Waals surface area contributed by atoms with Gasteiger partial charge in [0.15, 0.2) is 0 Å². The molecular weight excluding hydrogens is 387 g/mol. The molecule has 2 aromatic rings. The number of aryl methyl sites for hydroxylation is 1. The van der Waals surface area contributed by atoms with E-state index in [1.54, 1.807) is 32.0 Å². The van der Waals surface area contributed by atoms with Gasteiger partial charge >= 0.3 is 12.3 Å². The minimum absolute atomic E-state index is 0.0834. The Morgan fingerprint density at radius 1 is 1.24 bits per heavy atom. The maximum absolute atomic E-state index is 12.8. The summed E-state index contributed by atoms with van der Waals surface area (Å²) in [5.41, 5.74) is 5.62. The van der Waals surface area contributed by atoms with Gasteiger partial charge in [-0.2, -0.15) is 13.2 Å². The van der Waals surface area contributed by atoms with Crippen molar-refractivity contribution in [2.45, 2.75) is 45.9 Å². The molecule has 1 aromatic carbocycles. The third-order valence-corrected chi connectivity index (χ3v) is 4.10. The number of halogens is 3. The molecule has 0 aliphatic carbocycles. The minimum Gasteiger partial charge on any atom is -0.489 e. The van der Waals surface area contributed by atoms with Crippen molar-refractivity contribution in [1.82, 2.24) is 9.97 Å². The van der Waals surface area contributed by atoms with Crippen molar-refractivity contribution < 1.29 is 27.4 Å². The Morgan fingerprint density at radius 3 is 2.48 bits per heavy atom. The highest BCUT2D eigenvalue weighted by Crippen LogP contribution is 2.30. The van der Waals surface area contributed by atoms with E-state index in [0.717, 1.165) is 6.20 Å². The summed E-state index contributed by atoms with van der Waals surface area (Å²) in [4.78, 5) is 18.1. The van der Waals surface area contributed by atoms with E-state index in [4.69, 9.17) is 15.2 Å². The maximum atomic E-state index is 12.8. The summed E-state index contributed by atoms with van der Waals surface area (Å²) in [5, 5.41) is 0. The molecule has 0 aliphatic rings. The summed E-state index contributed by atoms with van der Waals surface area (Å²) in [6.45, 7) is 7.56. The number of carbonyl (C=O) groups is 1. The predicted octanol–water partition coefficient (Wildman–Crippen LogP) is 4.75. The molecular formula is C20H24F3N3O3. The molecule has 1 amide bonds. The molecule has 1 atom stereocenters.